The summed E-state index contributed by atoms with van der Waals surface area (Å²) in [6.07, 6.45) is 2.25. The summed E-state index contributed by atoms with van der Waals surface area (Å²) >= 11 is 0. The molecule has 3 nitrogen and oxygen atoms in total. The Balaban J connectivity index is 3.18. The third-order valence-electron chi connectivity index (χ3n) is 3.06. The highest BCUT2D eigenvalue weighted by Crippen LogP contribution is 2.33. The predicted octanol–water partition coefficient (Wildman–Crippen LogP) is 3.64. The smallest absolute Gasteiger partial charge is 0.166 e. The van der Waals surface area contributed by atoms with Crippen molar-refractivity contribution in [2.24, 2.45) is 0 Å². The van der Waals surface area contributed by atoms with E-state index < -0.39 is 0 Å². The molecule has 1 aromatic carbocycles. The molecule has 0 amide bonds. The van der Waals surface area contributed by atoms with Crippen molar-refractivity contribution in [1.82, 2.24) is 0 Å². The van der Waals surface area contributed by atoms with Gasteiger partial charge in [0, 0.05) is 6.42 Å². The zero-order chi connectivity index (χ0) is 13.9. The number of ketones is 1. The zero-order valence-electron chi connectivity index (χ0n) is 11.7. The largest absolute Gasteiger partial charge is 0.505 e. The summed E-state index contributed by atoms with van der Waals surface area (Å²) in [7, 11) is 0. The molecule has 3 heteroatoms. The van der Waals surface area contributed by atoms with Crippen LogP contribution in [0.15, 0.2) is 12.1 Å². The molecule has 0 saturated heterocycles. The molecule has 100 valence electrons. The van der Waals surface area contributed by atoms with E-state index in [4.69, 9.17) is 5.73 Å². The third-order valence-corrected chi connectivity index (χ3v) is 3.06. The van der Waals surface area contributed by atoms with E-state index in [-0.39, 0.29) is 22.6 Å². The highest BCUT2D eigenvalue weighted by molar-refractivity contribution is 6.00. The van der Waals surface area contributed by atoms with Crippen molar-refractivity contribution in [3.8, 4) is 5.75 Å². The number of phenols is 1. The fourth-order valence-electron chi connectivity index (χ4n) is 1.77. The number of nitrogens with two attached hydrogens (primary N) is 1. The number of Topliss-reactive ketones (excluding diaryl/α,β-unsaturated/α-hetero) is 1. The normalized spacial score (nSPS) is 11.6. The van der Waals surface area contributed by atoms with Gasteiger partial charge in [-0.05, 0) is 29.5 Å². The Bertz CT molecular complexity index is 445. The van der Waals surface area contributed by atoms with Gasteiger partial charge in [-0.15, -0.1) is 0 Å². The van der Waals surface area contributed by atoms with E-state index in [1.807, 2.05) is 6.92 Å². The lowest BCUT2D eigenvalue weighted by molar-refractivity contribution is 0.0977. The first-order chi connectivity index (χ1) is 8.27. The average Bonchev–Trinajstić information content (AvgIpc) is 2.27. The number of unbranched alkanes of at least 4 members (excludes halogenated alkanes) is 1. The molecule has 0 aliphatic heterocycles. The van der Waals surface area contributed by atoms with Gasteiger partial charge in [0.2, 0.25) is 0 Å². The first-order valence-electron chi connectivity index (χ1n) is 6.43. The number of phenolic OH excluding ortho intramolecular Hbond substituents is 1. The number of nitrogen functional groups attached to an aromatic ring is 1. The molecule has 1 rings (SSSR count). The van der Waals surface area contributed by atoms with Crippen LogP contribution in [0.25, 0.3) is 0 Å². The van der Waals surface area contributed by atoms with Gasteiger partial charge >= 0.3 is 0 Å². The van der Waals surface area contributed by atoms with Gasteiger partial charge in [-0.3, -0.25) is 4.79 Å². The lowest BCUT2D eigenvalue weighted by Crippen LogP contribution is -2.13. The van der Waals surface area contributed by atoms with Gasteiger partial charge in [0.25, 0.3) is 0 Å². The van der Waals surface area contributed by atoms with Crippen molar-refractivity contribution in [2.75, 3.05) is 5.73 Å². The first-order valence-corrected chi connectivity index (χ1v) is 6.43. The second-order valence-corrected chi connectivity index (χ2v) is 5.74. The quantitative estimate of drug-likeness (QED) is 0.486. The van der Waals surface area contributed by atoms with Crippen LogP contribution in [-0.2, 0) is 5.41 Å². The van der Waals surface area contributed by atoms with E-state index in [0.29, 0.717) is 12.0 Å². The molecular formula is C15H23NO2. The van der Waals surface area contributed by atoms with Crippen molar-refractivity contribution in [1.29, 1.82) is 0 Å². The Kier molecular flexibility index (Phi) is 4.38. The molecule has 0 atom stereocenters. The van der Waals surface area contributed by atoms with Crippen molar-refractivity contribution < 1.29 is 9.90 Å². The fourth-order valence-corrected chi connectivity index (χ4v) is 1.77. The second-order valence-electron chi connectivity index (χ2n) is 5.74. The van der Waals surface area contributed by atoms with Crippen LogP contribution in [0.3, 0.4) is 0 Å². The lowest BCUT2D eigenvalue weighted by atomic mass is 9.85. The Hall–Kier alpha value is -1.51. The molecule has 0 unspecified atom stereocenters. The first kappa shape index (κ1) is 14.6. The summed E-state index contributed by atoms with van der Waals surface area (Å²) in [6, 6.07) is 3.51. The number of carbonyl (C=O) groups excluding carboxylic acids is 1. The summed E-state index contributed by atoms with van der Waals surface area (Å²) in [5.41, 5.74) is 7.29. The monoisotopic (exact) mass is 249 g/mol. The van der Waals surface area contributed by atoms with Crippen LogP contribution >= 0.6 is 0 Å². The Labute approximate surface area is 109 Å². The second kappa shape index (κ2) is 5.42. The number of rotatable bonds is 4. The van der Waals surface area contributed by atoms with Crippen LogP contribution in [0, 0.1) is 0 Å². The molecule has 0 bridgehead atoms. The third kappa shape index (κ3) is 3.25. The van der Waals surface area contributed by atoms with Crippen molar-refractivity contribution in [2.45, 2.75) is 52.4 Å². The minimum atomic E-state index is -0.0956. The Morgan fingerprint density at radius 2 is 1.94 bits per heavy atom. The lowest BCUT2D eigenvalue weighted by Gasteiger charge is -2.21. The Morgan fingerprint density at radius 3 is 2.44 bits per heavy atom. The van der Waals surface area contributed by atoms with Gasteiger partial charge in [0.05, 0.1) is 11.3 Å². The molecule has 0 aliphatic rings. The molecule has 0 fully saturated rings. The molecular weight excluding hydrogens is 226 g/mol. The minimum Gasteiger partial charge on any atom is -0.505 e. The number of hydrogen-bond donors (Lipinski definition) is 2. The SMILES string of the molecule is CCCCC(=O)c1cc(C(C)(C)C)cc(N)c1O. The summed E-state index contributed by atoms with van der Waals surface area (Å²) in [5.74, 6) is -0.115. The standard InChI is InChI=1S/C15H23NO2/c1-5-6-7-13(17)11-8-10(15(2,3)4)9-12(16)14(11)18/h8-9,18H,5-7,16H2,1-4H3. The van der Waals surface area contributed by atoms with E-state index >= 15 is 0 Å². The van der Waals surface area contributed by atoms with Gasteiger partial charge in [-0.25, -0.2) is 0 Å². The number of carbonyl (C=O) groups is 1. The van der Waals surface area contributed by atoms with Gasteiger partial charge in [-0.2, -0.15) is 0 Å². The van der Waals surface area contributed by atoms with Crippen molar-refractivity contribution in [3.63, 3.8) is 0 Å². The molecule has 3 N–H and O–H groups in total. The summed E-state index contributed by atoms with van der Waals surface area (Å²) in [5, 5.41) is 9.91. The van der Waals surface area contributed by atoms with Crippen molar-refractivity contribution in [3.05, 3.63) is 23.3 Å². The summed E-state index contributed by atoms with van der Waals surface area (Å²) in [4.78, 5) is 12.0. The van der Waals surface area contributed by atoms with Crippen LogP contribution in [0.1, 0.15) is 62.9 Å². The van der Waals surface area contributed by atoms with Crippen LogP contribution in [0.5, 0.6) is 5.75 Å². The van der Waals surface area contributed by atoms with Gasteiger partial charge in [-0.1, -0.05) is 34.1 Å². The maximum Gasteiger partial charge on any atom is 0.166 e. The van der Waals surface area contributed by atoms with E-state index in [1.54, 1.807) is 12.1 Å². The maximum absolute atomic E-state index is 12.0. The predicted molar refractivity (Wildman–Crippen MR) is 75.1 cm³/mol. The summed E-state index contributed by atoms with van der Waals surface area (Å²) < 4.78 is 0. The van der Waals surface area contributed by atoms with Gasteiger partial charge in [0.1, 0.15) is 5.75 Å². The van der Waals surface area contributed by atoms with E-state index in [9.17, 15) is 9.90 Å². The van der Waals surface area contributed by atoms with Crippen molar-refractivity contribution >= 4 is 11.5 Å². The zero-order valence-corrected chi connectivity index (χ0v) is 11.7. The number of anilines is 1. The molecule has 1 aromatic rings. The number of aromatic hydroxyl groups is 1. The highest BCUT2D eigenvalue weighted by Gasteiger charge is 2.20. The maximum atomic E-state index is 12.0. The van der Waals surface area contributed by atoms with E-state index in [0.717, 1.165) is 18.4 Å². The van der Waals surface area contributed by atoms with Gasteiger partial charge < -0.3 is 10.8 Å². The minimum absolute atomic E-state index is 0.0350. The highest BCUT2D eigenvalue weighted by atomic mass is 16.3. The molecule has 18 heavy (non-hydrogen) atoms. The molecule has 0 heterocycles. The van der Waals surface area contributed by atoms with Crippen LogP contribution in [0.4, 0.5) is 5.69 Å². The van der Waals surface area contributed by atoms with Gasteiger partial charge in [0.15, 0.2) is 5.78 Å². The summed E-state index contributed by atoms with van der Waals surface area (Å²) in [6.45, 7) is 8.20. The van der Waals surface area contributed by atoms with E-state index in [1.165, 1.54) is 0 Å². The molecule has 0 aromatic heterocycles. The van der Waals surface area contributed by atoms with Crippen LogP contribution in [-0.4, -0.2) is 10.9 Å². The number of benzene rings is 1. The number of hydrogen-bond acceptors (Lipinski definition) is 3. The van der Waals surface area contributed by atoms with Crippen LogP contribution < -0.4 is 5.73 Å². The molecule has 0 saturated carbocycles. The molecule has 0 radical (unpaired) electrons. The molecule has 0 aliphatic carbocycles. The topological polar surface area (TPSA) is 63.3 Å². The fraction of sp³-hybridized carbons (Fsp3) is 0.533. The van der Waals surface area contributed by atoms with E-state index in [2.05, 4.69) is 20.8 Å². The van der Waals surface area contributed by atoms with Crippen LogP contribution in [0.2, 0.25) is 0 Å². The molecule has 0 spiro atoms. The Morgan fingerprint density at radius 1 is 1.33 bits per heavy atom. The average molecular weight is 249 g/mol.